The highest BCUT2D eigenvalue weighted by atomic mass is 15.0. The summed E-state index contributed by atoms with van der Waals surface area (Å²) in [5, 5.41) is 0. The average Bonchev–Trinajstić information content (AvgIpc) is 1.82. The van der Waals surface area contributed by atoms with Crippen LogP contribution in [-0.2, 0) is 10.8 Å². The minimum Gasteiger partial charge on any atom is -0.208 e. The first-order valence-corrected chi connectivity index (χ1v) is 29.8. The van der Waals surface area contributed by atoms with Crippen molar-refractivity contribution in [3.8, 4) is 78.7 Å². The number of rotatable bonds is 9. The highest BCUT2D eigenvalue weighted by Crippen LogP contribution is 2.77. The first-order chi connectivity index (χ1) is 39.9. The summed E-state index contributed by atoms with van der Waals surface area (Å²) in [7, 11) is 0. The molecule has 5 aliphatic carbocycles. The van der Waals surface area contributed by atoms with Gasteiger partial charge in [0.15, 0.2) is 17.5 Å². The first-order valence-electron chi connectivity index (χ1n) is 29.8. The van der Waals surface area contributed by atoms with Gasteiger partial charge in [0.1, 0.15) is 0 Å². The molecule has 5 aliphatic rings. The fraction of sp³-hybridized carbons (Fsp3) is 0.218. The Morgan fingerprint density at radius 3 is 1.49 bits per heavy atom. The molecular formula is C78H67N3. The third kappa shape index (κ3) is 8.09. The van der Waals surface area contributed by atoms with Crippen LogP contribution in [0, 0.1) is 25.2 Å². The van der Waals surface area contributed by atoms with Gasteiger partial charge in [0.25, 0.3) is 0 Å². The smallest absolute Gasteiger partial charge is 0.164 e. The Bertz CT molecular complexity index is 4100. The summed E-state index contributed by atoms with van der Waals surface area (Å²) in [5.41, 5.74) is 25.1. The number of hydrogen-bond donors (Lipinski definition) is 0. The molecule has 0 amide bonds. The Morgan fingerprint density at radius 1 is 0.346 bits per heavy atom. The SMILES string of the molecule is Cc1ccccc1C1=CCCC=C1C12CCC3(c4cccc(-c5ccc(-c6nc(-c7ccccc7)nc(-c7ccc(-c8ccccc8)cc7)n6)cc5)c4-c4ccccc4C)CCCCC4(CC(C1)c1ccccc1-c1ccccc14)C23. The molecule has 10 aromatic rings. The predicted octanol–water partition coefficient (Wildman–Crippen LogP) is 20.0. The third-order valence-electron chi connectivity index (χ3n) is 20.1. The van der Waals surface area contributed by atoms with Gasteiger partial charge < -0.3 is 0 Å². The standard InChI is InChI=1S/C78H67N3/c1-52-22-9-11-28-61(52)66-32-15-17-35-68(66)78-49-48-76(46-19-20-47-77(75(76)78)50-60(51-78)63-30-13-14-31-65(63)67-33-16-18-36-69(67)77)70-37-21-34-64(71(70)62-29-12-10-23-53(62)2)56-40-44-59(45-41-56)74-80-72(57-26-7-4-8-27-57)79-73(81-74)58-42-38-55(39-43-58)54-24-5-3-6-25-54/h3-14,16,18,21-45,60,75H,15,17,19-20,46-51H2,1-2H3. The largest absolute Gasteiger partial charge is 0.208 e. The van der Waals surface area contributed by atoms with Crippen LogP contribution in [0.25, 0.3) is 84.2 Å². The lowest BCUT2D eigenvalue weighted by molar-refractivity contribution is 0.0231. The monoisotopic (exact) mass is 1050 g/mol. The highest BCUT2D eigenvalue weighted by Gasteiger charge is 2.70. The molecule has 15 rings (SSSR count). The van der Waals surface area contributed by atoms with Crippen LogP contribution in [0.15, 0.2) is 242 Å². The van der Waals surface area contributed by atoms with Gasteiger partial charge in [-0.15, -0.1) is 0 Å². The molecule has 3 fully saturated rings. The molecular weight excluding hydrogens is 979 g/mol. The van der Waals surface area contributed by atoms with Gasteiger partial charge in [-0.1, -0.05) is 249 Å². The van der Waals surface area contributed by atoms with Crippen molar-refractivity contribution in [3.63, 3.8) is 0 Å². The molecule has 2 bridgehead atoms. The van der Waals surface area contributed by atoms with E-state index in [-0.39, 0.29) is 16.2 Å². The Morgan fingerprint density at radius 2 is 0.815 bits per heavy atom. The van der Waals surface area contributed by atoms with Crippen molar-refractivity contribution in [1.82, 2.24) is 15.0 Å². The number of fused-ring (bicyclic) bond motifs is 5. The summed E-state index contributed by atoms with van der Waals surface area (Å²) in [6.07, 6.45) is 17.1. The van der Waals surface area contributed by atoms with Crippen LogP contribution >= 0.6 is 0 Å². The lowest BCUT2D eigenvalue weighted by Gasteiger charge is -2.60. The Labute approximate surface area is 478 Å². The van der Waals surface area contributed by atoms with Gasteiger partial charge in [-0.05, 0) is 166 Å². The van der Waals surface area contributed by atoms with E-state index in [0.717, 1.165) is 41.5 Å². The van der Waals surface area contributed by atoms with Crippen LogP contribution in [0.3, 0.4) is 0 Å². The molecule has 3 nitrogen and oxygen atoms in total. The van der Waals surface area contributed by atoms with Crippen molar-refractivity contribution in [2.75, 3.05) is 0 Å². The van der Waals surface area contributed by atoms with Gasteiger partial charge >= 0.3 is 0 Å². The molecule has 0 radical (unpaired) electrons. The summed E-state index contributed by atoms with van der Waals surface area (Å²) in [6, 6.07) is 83.8. The number of aromatic nitrogens is 3. The van der Waals surface area contributed by atoms with E-state index in [0.29, 0.717) is 29.3 Å². The molecule has 0 N–H and O–H groups in total. The lowest BCUT2D eigenvalue weighted by Crippen LogP contribution is -2.55. The van der Waals surface area contributed by atoms with Crippen molar-refractivity contribution < 1.29 is 0 Å². The van der Waals surface area contributed by atoms with Crippen LogP contribution in [0.5, 0.6) is 0 Å². The topological polar surface area (TPSA) is 38.7 Å². The second-order valence-corrected chi connectivity index (χ2v) is 24.2. The molecule has 1 aromatic heterocycles. The maximum Gasteiger partial charge on any atom is 0.164 e. The molecule has 9 aromatic carbocycles. The van der Waals surface area contributed by atoms with Gasteiger partial charge in [0, 0.05) is 32.9 Å². The van der Waals surface area contributed by atoms with E-state index in [4.69, 9.17) is 15.0 Å². The van der Waals surface area contributed by atoms with Crippen molar-refractivity contribution >= 4 is 5.57 Å². The molecule has 1 heterocycles. The summed E-state index contributed by atoms with van der Waals surface area (Å²) in [5.74, 6) is 2.80. The number of aryl methyl sites for hydroxylation is 2. The fourth-order valence-corrected chi connectivity index (χ4v) is 16.9. The molecule has 3 saturated carbocycles. The molecule has 3 heteroatoms. The van der Waals surface area contributed by atoms with E-state index in [1.807, 2.05) is 6.07 Å². The molecule has 394 valence electrons. The fourth-order valence-electron chi connectivity index (χ4n) is 16.9. The average molecular weight is 1050 g/mol. The normalized spacial score (nSPS) is 22.5. The maximum absolute atomic E-state index is 5.23. The van der Waals surface area contributed by atoms with Crippen molar-refractivity contribution in [2.45, 2.75) is 94.8 Å². The zero-order valence-corrected chi connectivity index (χ0v) is 46.6. The third-order valence-corrected chi connectivity index (χ3v) is 20.1. The van der Waals surface area contributed by atoms with Crippen LogP contribution in [0.1, 0.15) is 104 Å². The Balaban J connectivity index is 0.914. The van der Waals surface area contributed by atoms with Crippen molar-refractivity contribution in [1.29, 1.82) is 0 Å². The van der Waals surface area contributed by atoms with E-state index >= 15 is 0 Å². The summed E-state index contributed by atoms with van der Waals surface area (Å²) >= 11 is 0. The van der Waals surface area contributed by atoms with Crippen LogP contribution in [-0.4, -0.2) is 15.0 Å². The van der Waals surface area contributed by atoms with E-state index < -0.39 is 0 Å². The number of allylic oxidation sites excluding steroid dienone is 4. The maximum atomic E-state index is 5.23. The summed E-state index contributed by atoms with van der Waals surface area (Å²) < 4.78 is 0. The molecule has 5 atom stereocenters. The number of hydrogen-bond acceptors (Lipinski definition) is 3. The van der Waals surface area contributed by atoms with E-state index in [1.54, 1.807) is 22.3 Å². The minimum atomic E-state index is -0.109. The summed E-state index contributed by atoms with van der Waals surface area (Å²) in [6.45, 7) is 4.67. The Kier molecular flexibility index (Phi) is 12.2. The quantitative estimate of drug-likeness (QED) is 0.145. The highest BCUT2D eigenvalue weighted by molar-refractivity contribution is 5.90. The van der Waals surface area contributed by atoms with Crippen LogP contribution < -0.4 is 0 Å². The van der Waals surface area contributed by atoms with Gasteiger partial charge in [0.2, 0.25) is 0 Å². The number of nitrogens with zero attached hydrogens (tertiary/aromatic N) is 3. The second kappa shape index (κ2) is 19.9. The molecule has 81 heavy (non-hydrogen) atoms. The summed E-state index contributed by atoms with van der Waals surface area (Å²) in [4.78, 5) is 15.5. The van der Waals surface area contributed by atoms with Gasteiger partial charge in [0.05, 0.1) is 0 Å². The predicted molar refractivity (Wildman–Crippen MR) is 334 cm³/mol. The zero-order valence-electron chi connectivity index (χ0n) is 46.6. The number of benzene rings is 9. The minimum absolute atomic E-state index is 0.0484. The molecule has 0 aliphatic heterocycles. The van der Waals surface area contributed by atoms with Crippen molar-refractivity contribution in [3.05, 3.63) is 276 Å². The van der Waals surface area contributed by atoms with E-state index in [1.165, 1.54) is 106 Å². The first kappa shape index (κ1) is 49.5. The van der Waals surface area contributed by atoms with Gasteiger partial charge in [-0.2, -0.15) is 0 Å². The van der Waals surface area contributed by atoms with E-state index in [2.05, 4.69) is 244 Å². The van der Waals surface area contributed by atoms with E-state index in [9.17, 15) is 0 Å². The zero-order chi connectivity index (χ0) is 54.1. The van der Waals surface area contributed by atoms with Crippen LogP contribution in [0.4, 0.5) is 0 Å². The van der Waals surface area contributed by atoms with Crippen LogP contribution in [0.2, 0.25) is 0 Å². The lowest BCUT2D eigenvalue weighted by atomic mass is 9.43. The van der Waals surface area contributed by atoms with Gasteiger partial charge in [-0.3, -0.25) is 0 Å². The Hall–Kier alpha value is -8.53. The van der Waals surface area contributed by atoms with Gasteiger partial charge in [-0.25, -0.2) is 15.0 Å². The molecule has 0 saturated heterocycles. The molecule has 5 unspecified atom stereocenters. The molecule has 1 spiro atoms. The van der Waals surface area contributed by atoms with Crippen molar-refractivity contribution in [2.24, 2.45) is 11.3 Å². The second-order valence-electron chi connectivity index (χ2n) is 24.2.